The Hall–Kier alpha value is -2.63. The first-order valence-electron chi connectivity index (χ1n) is 9.14. The first-order valence-corrected chi connectivity index (χ1v) is 9.14. The van der Waals surface area contributed by atoms with E-state index >= 15 is 0 Å². The molecule has 6 nitrogen and oxygen atoms in total. The van der Waals surface area contributed by atoms with E-state index in [9.17, 15) is 4.79 Å². The number of likely N-dealkylation sites (tertiary alicyclic amines) is 1. The van der Waals surface area contributed by atoms with Gasteiger partial charge in [0.05, 0.1) is 12.5 Å². The van der Waals surface area contributed by atoms with Gasteiger partial charge in [-0.15, -0.1) is 0 Å². The van der Waals surface area contributed by atoms with Crippen LogP contribution < -0.4 is 9.64 Å². The highest BCUT2D eigenvalue weighted by molar-refractivity contribution is 5.85. The summed E-state index contributed by atoms with van der Waals surface area (Å²) in [5, 5.41) is 0. The third-order valence-corrected chi connectivity index (χ3v) is 5.55. The van der Waals surface area contributed by atoms with Crippen LogP contribution in [-0.2, 0) is 11.3 Å². The minimum atomic E-state index is -0.288. The lowest BCUT2D eigenvalue weighted by Crippen LogP contribution is -2.48. The number of hydrogen-bond acceptors (Lipinski definition) is 5. The van der Waals surface area contributed by atoms with E-state index in [1.165, 1.54) is 0 Å². The van der Waals surface area contributed by atoms with Gasteiger partial charge in [0.2, 0.25) is 11.9 Å². The summed E-state index contributed by atoms with van der Waals surface area (Å²) >= 11 is 0. The molecule has 0 radical (unpaired) electrons. The first-order chi connectivity index (χ1) is 12.7. The van der Waals surface area contributed by atoms with Crippen molar-refractivity contribution in [2.24, 2.45) is 5.41 Å². The topological polar surface area (TPSA) is 58.6 Å². The summed E-state index contributed by atoms with van der Waals surface area (Å²) in [6.45, 7) is 3.10. The second-order valence-corrected chi connectivity index (χ2v) is 7.18. The lowest BCUT2D eigenvalue weighted by Gasteiger charge is -2.39. The van der Waals surface area contributed by atoms with E-state index in [0.29, 0.717) is 6.54 Å². The fourth-order valence-corrected chi connectivity index (χ4v) is 4.13. The van der Waals surface area contributed by atoms with Crippen LogP contribution in [0.15, 0.2) is 42.7 Å². The Morgan fingerprint density at radius 3 is 2.62 bits per heavy atom. The zero-order chi connectivity index (χ0) is 18.0. The molecule has 0 N–H and O–H groups in total. The number of rotatable bonds is 4. The van der Waals surface area contributed by atoms with Gasteiger partial charge < -0.3 is 14.5 Å². The molecule has 1 atom stereocenters. The van der Waals surface area contributed by atoms with Crippen LogP contribution >= 0.6 is 0 Å². The van der Waals surface area contributed by atoms with Crippen LogP contribution in [0.5, 0.6) is 5.75 Å². The van der Waals surface area contributed by atoms with Gasteiger partial charge in [-0.2, -0.15) is 0 Å². The number of amides is 1. The van der Waals surface area contributed by atoms with Crippen molar-refractivity contribution in [3.05, 3.63) is 48.3 Å². The SMILES string of the molecule is COc1ccc(CN2CC[C@@]3(CCCN(c4ncccn4)C3)C2=O)cc1. The number of hydrogen-bond donors (Lipinski definition) is 0. The average molecular weight is 352 g/mol. The Morgan fingerprint density at radius 2 is 1.88 bits per heavy atom. The maximum Gasteiger partial charge on any atom is 0.230 e. The molecule has 2 fully saturated rings. The molecule has 1 aromatic heterocycles. The number of aromatic nitrogens is 2. The lowest BCUT2D eigenvalue weighted by atomic mass is 9.78. The molecule has 0 saturated carbocycles. The molecule has 26 heavy (non-hydrogen) atoms. The van der Waals surface area contributed by atoms with Crippen LogP contribution in [0, 0.1) is 5.41 Å². The molecule has 1 spiro atoms. The van der Waals surface area contributed by atoms with Crippen molar-refractivity contribution < 1.29 is 9.53 Å². The van der Waals surface area contributed by atoms with Gasteiger partial charge in [0.25, 0.3) is 0 Å². The molecule has 0 unspecified atom stereocenters. The van der Waals surface area contributed by atoms with Crippen LogP contribution in [0.3, 0.4) is 0 Å². The number of piperidine rings is 1. The Bertz CT molecular complexity index is 765. The highest BCUT2D eigenvalue weighted by Gasteiger charge is 2.49. The Balaban J connectivity index is 1.47. The largest absolute Gasteiger partial charge is 0.497 e. The maximum atomic E-state index is 13.2. The molecule has 1 aromatic carbocycles. The standard InChI is InChI=1S/C20H24N4O2/c1-26-17-6-4-16(5-7-17)14-23-13-9-20(18(23)25)8-2-12-24(15-20)19-21-10-3-11-22-19/h3-7,10-11H,2,8-9,12-15H2,1H3/t20-/m1/s1. The molecular formula is C20H24N4O2. The van der Waals surface area contributed by atoms with Gasteiger partial charge in [0.1, 0.15) is 5.75 Å². The molecule has 6 heteroatoms. The van der Waals surface area contributed by atoms with E-state index in [-0.39, 0.29) is 11.3 Å². The van der Waals surface area contributed by atoms with E-state index in [1.807, 2.05) is 35.2 Å². The second-order valence-electron chi connectivity index (χ2n) is 7.18. The van der Waals surface area contributed by atoms with Crippen LogP contribution in [0.2, 0.25) is 0 Å². The zero-order valence-corrected chi connectivity index (χ0v) is 15.1. The van der Waals surface area contributed by atoms with E-state index in [2.05, 4.69) is 14.9 Å². The predicted molar refractivity (Wildman–Crippen MR) is 98.9 cm³/mol. The molecule has 2 aromatic rings. The van der Waals surface area contributed by atoms with Gasteiger partial charge in [-0.3, -0.25) is 4.79 Å². The quantitative estimate of drug-likeness (QED) is 0.846. The summed E-state index contributed by atoms with van der Waals surface area (Å²) in [4.78, 5) is 26.1. The normalized spacial score (nSPS) is 22.9. The summed E-state index contributed by atoms with van der Waals surface area (Å²) in [5.74, 6) is 1.84. The third kappa shape index (κ3) is 3.11. The number of benzene rings is 1. The van der Waals surface area contributed by atoms with Crippen molar-refractivity contribution in [3.8, 4) is 5.75 Å². The van der Waals surface area contributed by atoms with Crippen molar-refractivity contribution in [1.82, 2.24) is 14.9 Å². The first kappa shape index (κ1) is 16.8. The summed E-state index contributed by atoms with van der Waals surface area (Å²) in [7, 11) is 1.66. The van der Waals surface area contributed by atoms with Gasteiger partial charge >= 0.3 is 0 Å². The van der Waals surface area contributed by atoms with Crippen LogP contribution in [-0.4, -0.2) is 47.5 Å². The molecule has 2 aliphatic rings. The van der Waals surface area contributed by atoms with E-state index < -0.39 is 0 Å². The minimum absolute atomic E-state index is 0.272. The summed E-state index contributed by atoms with van der Waals surface area (Å²) < 4.78 is 5.21. The van der Waals surface area contributed by atoms with E-state index in [1.54, 1.807) is 19.5 Å². The number of ether oxygens (including phenoxy) is 1. The number of carbonyl (C=O) groups is 1. The number of methoxy groups -OCH3 is 1. The van der Waals surface area contributed by atoms with Gasteiger partial charge in [-0.25, -0.2) is 9.97 Å². The molecule has 2 saturated heterocycles. The fourth-order valence-electron chi connectivity index (χ4n) is 4.13. The van der Waals surface area contributed by atoms with Gasteiger partial charge in [0.15, 0.2) is 0 Å². The molecule has 1 amide bonds. The highest BCUT2D eigenvalue weighted by atomic mass is 16.5. The van der Waals surface area contributed by atoms with E-state index in [0.717, 1.165) is 56.2 Å². The van der Waals surface area contributed by atoms with Crippen molar-refractivity contribution in [1.29, 1.82) is 0 Å². The van der Waals surface area contributed by atoms with Gasteiger partial charge in [-0.1, -0.05) is 12.1 Å². The summed E-state index contributed by atoms with van der Waals surface area (Å²) in [6, 6.07) is 9.77. The fraction of sp³-hybridized carbons (Fsp3) is 0.450. The zero-order valence-electron chi connectivity index (χ0n) is 15.1. The molecule has 0 aliphatic carbocycles. The Morgan fingerprint density at radius 1 is 1.12 bits per heavy atom. The molecule has 2 aliphatic heterocycles. The third-order valence-electron chi connectivity index (χ3n) is 5.55. The number of carbonyl (C=O) groups excluding carboxylic acids is 1. The van der Waals surface area contributed by atoms with E-state index in [4.69, 9.17) is 4.74 Å². The van der Waals surface area contributed by atoms with Crippen molar-refractivity contribution in [2.45, 2.75) is 25.8 Å². The lowest BCUT2D eigenvalue weighted by molar-refractivity contribution is -0.137. The molecule has 3 heterocycles. The summed E-state index contributed by atoms with van der Waals surface area (Å²) in [6.07, 6.45) is 6.38. The average Bonchev–Trinajstić information content (AvgIpc) is 2.99. The summed E-state index contributed by atoms with van der Waals surface area (Å²) in [5.41, 5.74) is 0.847. The van der Waals surface area contributed by atoms with Gasteiger partial charge in [-0.05, 0) is 43.0 Å². The maximum absolute atomic E-state index is 13.2. The minimum Gasteiger partial charge on any atom is -0.497 e. The van der Waals surface area contributed by atoms with Crippen molar-refractivity contribution in [3.63, 3.8) is 0 Å². The van der Waals surface area contributed by atoms with Crippen LogP contribution in [0.1, 0.15) is 24.8 Å². The smallest absolute Gasteiger partial charge is 0.230 e. The predicted octanol–water partition coefficient (Wildman–Crippen LogP) is 2.50. The highest BCUT2D eigenvalue weighted by Crippen LogP contribution is 2.41. The Kier molecular flexibility index (Phi) is 4.49. The molecule has 4 rings (SSSR count). The van der Waals surface area contributed by atoms with Crippen LogP contribution in [0.4, 0.5) is 5.95 Å². The second kappa shape index (κ2) is 6.94. The molecule has 0 bridgehead atoms. The molecular weight excluding hydrogens is 328 g/mol. The monoisotopic (exact) mass is 352 g/mol. The van der Waals surface area contributed by atoms with Crippen molar-refractivity contribution in [2.75, 3.05) is 31.6 Å². The number of nitrogens with zero attached hydrogens (tertiary/aromatic N) is 4. The van der Waals surface area contributed by atoms with Crippen LogP contribution in [0.25, 0.3) is 0 Å². The number of anilines is 1. The Labute approximate surface area is 153 Å². The van der Waals surface area contributed by atoms with Gasteiger partial charge in [0, 0.05) is 38.6 Å². The molecule has 136 valence electrons. The van der Waals surface area contributed by atoms with Crippen molar-refractivity contribution >= 4 is 11.9 Å².